The first-order valence-corrected chi connectivity index (χ1v) is 7.68. The van der Waals surface area contributed by atoms with E-state index in [2.05, 4.69) is 17.6 Å². The molecule has 1 aromatic rings. The Labute approximate surface area is 108 Å². The Morgan fingerprint density at radius 2 is 1.75 bits per heavy atom. The van der Waals surface area contributed by atoms with Crippen molar-refractivity contribution in [3.8, 4) is 0 Å². The molecule has 0 aliphatic rings. The van der Waals surface area contributed by atoms with Crippen LogP contribution in [0.4, 0.5) is 0 Å². The van der Waals surface area contributed by atoms with Crippen LogP contribution in [-0.4, -0.2) is 16.5 Å². The standard InChI is InChI=1S/C12H21NOS2/c15-10-6-4-2-1-3-5-7-11-16-12-13-8-9-14-12/h8-9,15H,1-7,10-11H2. The van der Waals surface area contributed by atoms with E-state index in [0.29, 0.717) is 0 Å². The molecule has 0 aliphatic carbocycles. The van der Waals surface area contributed by atoms with Crippen LogP contribution in [0.15, 0.2) is 22.1 Å². The van der Waals surface area contributed by atoms with Crippen LogP contribution in [0.2, 0.25) is 0 Å². The van der Waals surface area contributed by atoms with Crippen molar-refractivity contribution in [2.24, 2.45) is 0 Å². The topological polar surface area (TPSA) is 26.0 Å². The number of oxazole rings is 1. The predicted molar refractivity (Wildman–Crippen MR) is 73.4 cm³/mol. The lowest BCUT2D eigenvalue weighted by Gasteiger charge is -2.00. The van der Waals surface area contributed by atoms with Crippen molar-refractivity contribution in [1.29, 1.82) is 0 Å². The molecule has 0 spiro atoms. The first-order valence-electron chi connectivity index (χ1n) is 6.06. The van der Waals surface area contributed by atoms with E-state index in [9.17, 15) is 0 Å². The highest BCUT2D eigenvalue weighted by molar-refractivity contribution is 7.99. The van der Waals surface area contributed by atoms with Gasteiger partial charge in [0.05, 0.1) is 6.20 Å². The van der Waals surface area contributed by atoms with Gasteiger partial charge in [0.25, 0.3) is 5.22 Å². The van der Waals surface area contributed by atoms with Gasteiger partial charge in [0, 0.05) is 5.75 Å². The molecule has 0 bridgehead atoms. The van der Waals surface area contributed by atoms with Gasteiger partial charge in [-0.05, 0) is 18.6 Å². The van der Waals surface area contributed by atoms with Crippen LogP contribution in [0.1, 0.15) is 44.9 Å². The van der Waals surface area contributed by atoms with Gasteiger partial charge in [-0.1, -0.05) is 43.9 Å². The third-order valence-electron chi connectivity index (χ3n) is 2.44. The fourth-order valence-corrected chi connectivity index (χ4v) is 2.54. The van der Waals surface area contributed by atoms with Gasteiger partial charge < -0.3 is 4.42 Å². The molecule has 92 valence electrons. The van der Waals surface area contributed by atoms with E-state index >= 15 is 0 Å². The minimum absolute atomic E-state index is 0.800. The minimum Gasteiger partial charge on any atom is -0.440 e. The summed E-state index contributed by atoms with van der Waals surface area (Å²) < 4.78 is 5.15. The highest BCUT2D eigenvalue weighted by Crippen LogP contribution is 2.17. The Morgan fingerprint density at radius 3 is 2.38 bits per heavy atom. The van der Waals surface area contributed by atoms with Crippen LogP contribution in [0.25, 0.3) is 0 Å². The van der Waals surface area contributed by atoms with Crippen molar-refractivity contribution in [3.63, 3.8) is 0 Å². The molecule has 0 unspecified atom stereocenters. The Hall–Kier alpha value is -0.0900. The fraction of sp³-hybridized carbons (Fsp3) is 0.750. The van der Waals surface area contributed by atoms with E-state index in [1.54, 1.807) is 24.2 Å². The van der Waals surface area contributed by atoms with E-state index in [4.69, 9.17) is 4.42 Å². The van der Waals surface area contributed by atoms with Crippen LogP contribution < -0.4 is 0 Å². The monoisotopic (exact) mass is 259 g/mol. The highest BCUT2D eigenvalue weighted by atomic mass is 32.2. The second-order valence-electron chi connectivity index (χ2n) is 3.84. The summed E-state index contributed by atoms with van der Waals surface area (Å²) in [7, 11) is 0. The zero-order chi connectivity index (χ0) is 11.5. The number of hydrogen-bond acceptors (Lipinski definition) is 4. The average molecular weight is 259 g/mol. The largest absolute Gasteiger partial charge is 0.440 e. The average Bonchev–Trinajstić information content (AvgIpc) is 2.80. The number of hydrogen-bond donors (Lipinski definition) is 1. The number of rotatable bonds is 10. The van der Waals surface area contributed by atoms with Crippen molar-refractivity contribution >= 4 is 24.4 Å². The Morgan fingerprint density at radius 1 is 1.06 bits per heavy atom. The summed E-state index contributed by atoms with van der Waals surface area (Å²) in [5.41, 5.74) is 0. The zero-order valence-electron chi connectivity index (χ0n) is 9.73. The fourth-order valence-electron chi connectivity index (χ4n) is 1.54. The molecule has 0 N–H and O–H groups in total. The molecular formula is C12H21NOS2. The Bertz CT molecular complexity index is 239. The van der Waals surface area contributed by atoms with E-state index in [0.717, 1.165) is 16.7 Å². The van der Waals surface area contributed by atoms with Gasteiger partial charge in [0.1, 0.15) is 6.26 Å². The van der Waals surface area contributed by atoms with Crippen LogP contribution in [0, 0.1) is 0 Å². The molecular weight excluding hydrogens is 238 g/mol. The minimum atomic E-state index is 0.800. The van der Waals surface area contributed by atoms with Crippen molar-refractivity contribution in [3.05, 3.63) is 12.5 Å². The number of unbranched alkanes of at least 4 members (excludes halogenated alkanes) is 6. The lowest BCUT2D eigenvalue weighted by Crippen LogP contribution is -1.84. The first kappa shape index (κ1) is 14.0. The molecule has 2 nitrogen and oxygen atoms in total. The molecule has 1 heterocycles. The quantitative estimate of drug-likeness (QED) is 0.382. The highest BCUT2D eigenvalue weighted by Gasteiger charge is 1.97. The molecule has 0 aliphatic heterocycles. The molecule has 0 aromatic carbocycles. The van der Waals surface area contributed by atoms with Gasteiger partial charge in [-0.25, -0.2) is 4.98 Å². The number of thiol groups is 1. The maximum atomic E-state index is 5.15. The zero-order valence-corrected chi connectivity index (χ0v) is 11.4. The summed E-state index contributed by atoms with van der Waals surface area (Å²) in [6.45, 7) is 0. The van der Waals surface area contributed by atoms with Gasteiger partial charge in [0.2, 0.25) is 0 Å². The second-order valence-corrected chi connectivity index (χ2v) is 5.34. The summed E-state index contributed by atoms with van der Waals surface area (Å²) in [6, 6.07) is 0. The van der Waals surface area contributed by atoms with Gasteiger partial charge in [-0.2, -0.15) is 12.6 Å². The second kappa shape index (κ2) is 10.1. The van der Waals surface area contributed by atoms with Crippen molar-refractivity contribution in [2.75, 3.05) is 11.5 Å². The van der Waals surface area contributed by atoms with Crippen molar-refractivity contribution in [1.82, 2.24) is 4.98 Å². The first-order chi connectivity index (χ1) is 7.93. The van der Waals surface area contributed by atoms with E-state index in [-0.39, 0.29) is 0 Å². The molecule has 4 heteroatoms. The van der Waals surface area contributed by atoms with Crippen LogP contribution in [0.5, 0.6) is 0 Å². The van der Waals surface area contributed by atoms with E-state index < -0.39 is 0 Å². The predicted octanol–water partition coefficient (Wildman–Crippen LogP) is 4.43. The lowest BCUT2D eigenvalue weighted by molar-refractivity contribution is 0.454. The smallest absolute Gasteiger partial charge is 0.255 e. The lowest BCUT2D eigenvalue weighted by atomic mass is 10.1. The molecule has 16 heavy (non-hydrogen) atoms. The Kier molecular flexibility index (Phi) is 8.81. The summed E-state index contributed by atoms with van der Waals surface area (Å²) in [5, 5.41) is 0.800. The summed E-state index contributed by atoms with van der Waals surface area (Å²) in [6.07, 6.45) is 12.6. The molecule has 0 radical (unpaired) electrons. The van der Waals surface area contributed by atoms with Crippen LogP contribution >= 0.6 is 24.4 Å². The SMILES string of the molecule is SCCCCCCCCCSc1ncco1. The maximum Gasteiger partial charge on any atom is 0.255 e. The summed E-state index contributed by atoms with van der Waals surface area (Å²) >= 11 is 5.91. The van der Waals surface area contributed by atoms with Gasteiger partial charge in [0.15, 0.2) is 0 Å². The van der Waals surface area contributed by atoms with E-state index in [1.165, 1.54) is 44.9 Å². The van der Waals surface area contributed by atoms with E-state index in [1.807, 2.05) is 0 Å². The molecule has 0 saturated carbocycles. The molecule has 0 atom stereocenters. The number of aromatic nitrogens is 1. The number of nitrogens with zero attached hydrogens (tertiary/aromatic N) is 1. The molecule has 1 rings (SSSR count). The molecule has 0 fully saturated rings. The van der Waals surface area contributed by atoms with Crippen LogP contribution in [0.3, 0.4) is 0 Å². The normalized spacial score (nSPS) is 10.8. The van der Waals surface area contributed by atoms with Gasteiger partial charge in [-0.15, -0.1) is 0 Å². The molecule has 1 aromatic heterocycles. The van der Waals surface area contributed by atoms with Gasteiger partial charge >= 0.3 is 0 Å². The summed E-state index contributed by atoms with van der Waals surface area (Å²) in [4.78, 5) is 4.07. The molecule has 0 amide bonds. The summed E-state index contributed by atoms with van der Waals surface area (Å²) in [5.74, 6) is 2.16. The third kappa shape index (κ3) is 7.23. The molecule has 0 saturated heterocycles. The number of thioether (sulfide) groups is 1. The van der Waals surface area contributed by atoms with Crippen molar-refractivity contribution < 1.29 is 4.42 Å². The third-order valence-corrected chi connectivity index (χ3v) is 3.70. The van der Waals surface area contributed by atoms with Crippen LogP contribution in [-0.2, 0) is 0 Å². The van der Waals surface area contributed by atoms with Gasteiger partial charge in [-0.3, -0.25) is 0 Å². The maximum absolute atomic E-state index is 5.15. The van der Waals surface area contributed by atoms with Crippen molar-refractivity contribution in [2.45, 2.75) is 50.2 Å². The Balaban J connectivity index is 1.78.